The van der Waals surface area contributed by atoms with E-state index in [1.165, 1.54) is 6.08 Å². The zero-order valence-corrected chi connectivity index (χ0v) is 5.97. The third-order valence-corrected chi connectivity index (χ3v) is 1.81. The van der Waals surface area contributed by atoms with Gasteiger partial charge in [-0.1, -0.05) is 12.2 Å². The highest BCUT2D eigenvalue weighted by Crippen LogP contribution is 2.18. The fourth-order valence-electron chi connectivity index (χ4n) is 1.15. The zero-order valence-electron chi connectivity index (χ0n) is 5.97. The van der Waals surface area contributed by atoms with E-state index >= 15 is 0 Å². The van der Waals surface area contributed by atoms with Crippen LogP contribution in [-0.2, 0) is 4.79 Å². The van der Waals surface area contributed by atoms with Crippen LogP contribution < -0.4 is 5.73 Å². The number of carboxylic acids is 1. The zero-order chi connectivity index (χ0) is 8.43. The number of carboxylic acid groups (broad SMARTS) is 1. The van der Waals surface area contributed by atoms with Crippen LogP contribution in [0.5, 0.6) is 0 Å². The van der Waals surface area contributed by atoms with Gasteiger partial charge in [-0.25, -0.2) is 0 Å². The summed E-state index contributed by atoms with van der Waals surface area (Å²) in [4.78, 5) is 10.5. The van der Waals surface area contributed by atoms with Gasteiger partial charge in [-0.2, -0.15) is 0 Å². The molecular weight excluding hydrogens is 146 g/mol. The van der Waals surface area contributed by atoms with Crippen LogP contribution >= 0.6 is 0 Å². The summed E-state index contributed by atoms with van der Waals surface area (Å²) in [6.45, 7) is 0. The van der Waals surface area contributed by atoms with E-state index in [2.05, 4.69) is 0 Å². The minimum atomic E-state index is -0.989. The van der Waals surface area contributed by atoms with Gasteiger partial charge in [-0.15, -0.1) is 0 Å². The van der Waals surface area contributed by atoms with Gasteiger partial charge in [-0.05, 0) is 6.42 Å². The fraction of sp³-hybridized carbons (Fsp3) is 0.571. The van der Waals surface area contributed by atoms with E-state index in [1.54, 1.807) is 6.08 Å². The molecule has 1 rings (SSSR count). The molecule has 0 aromatic heterocycles. The van der Waals surface area contributed by atoms with Crippen LogP contribution in [0.2, 0.25) is 0 Å². The molecule has 0 saturated heterocycles. The standard InChI is InChI=1S/C7H11NO3/c8-4-1-2-6(9)5(3-4)7(10)11/h1-2,4-6,9H,3,8H2,(H,10,11)/t4-,5?,6?/m1/s1. The van der Waals surface area contributed by atoms with E-state index < -0.39 is 18.0 Å². The minimum Gasteiger partial charge on any atom is -0.481 e. The van der Waals surface area contributed by atoms with E-state index in [0.717, 1.165) is 0 Å². The maximum Gasteiger partial charge on any atom is 0.309 e. The number of nitrogens with two attached hydrogens (primary N) is 1. The molecule has 0 aromatic rings. The second kappa shape index (κ2) is 3.02. The highest BCUT2D eigenvalue weighted by atomic mass is 16.4. The van der Waals surface area contributed by atoms with Gasteiger partial charge in [0.05, 0.1) is 12.0 Å². The van der Waals surface area contributed by atoms with Crippen LogP contribution in [0.4, 0.5) is 0 Å². The number of aliphatic carboxylic acids is 1. The van der Waals surface area contributed by atoms with Crippen LogP contribution in [-0.4, -0.2) is 28.3 Å². The van der Waals surface area contributed by atoms with Crippen molar-refractivity contribution in [2.45, 2.75) is 18.6 Å². The number of aliphatic hydroxyl groups is 1. The molecule has 0 aliphatic heterocycles. The molecular formula is C7H11NO3. The van der Waals surface area contributed by atoms with Crippen LogP contribution in [0.25, 0.3) is 0 Å². The molecule has 4 heteroatoms. The molecule has 4 N–H and O–H groups in total. The first-order chi connectivity index (χ1) is 5.11. The lowest BCUT2D eigenvalue weighted by Crippen LogP contribution is -2.36. The SMILES string of the molecule is N[C@@H]1C=CC(O)C(C(=O)O)C1. The molecule has 4 nitrogen and oxygen atoms in total. The van der Waals surface area contributed by atoms with Crippen LogP contribution in [0, 0.1) is 5.92 Å². The molecule has 0 radical (unpaired) electrons. The molecule has 0 saturated carbocycles. The van der Waals surface area contributed by atoms with Crippen molar-refractivity contribution in [2.24, 2.45) is 11.7 Å². The van der Waals surface area contributed by atoms with E-state index in [4.69, 9.17) is 15.9 Å². The second-order valence-electron chi connectivity index (χ2n) is 2.72. The molecule has 0 heterocycles. The fourth-order valence-corrected chi connectivity index (χ4v) is 1.15. The van der Waals surface area contributed by atoms with Gasteiger partial charge >= 0.3 is 5.97 Å². The Morgan fingerprint density at radius 1 is 1.55 bits per heavy atom. The summed E-state index contributed by atoms with van der Waals surface area (Å²) in [6, 6.07) is -0.237. The Kier molecular flexibility index (Phi) is 2.26. The molecule has 1 aliphatic carbocycles. The Morgan fingerprint density at radius 3 is 2.64 bits per heavy atom. The first-order valence-electron chi connectivity index (χ1n) is 3.46. The monoisotopic (exact) mass is 157 g/mol. The van der Waals surface area contributed by atoms with Gasteiger partial charge in [0, 0.05) is 6.04 Å². The van der Waals surface area contributed by atoms with Crippen molar-refractivity contribution in [3.8, 4) is 0 Å². The largest absolute Gasteiger partial charge is 0.481 e. The summed E-state index contributed by atoms with van der Waals surface area (Å²) in [6.07, 6.45) is 2.50. The first kappa shape index (κ1) is 8.23. The summed E-state index contributed by atoms with van der Waals surface area (Å²) < 4.78 is 0. The quantitative estimate of drug-likeness (QED) is 0.441. The predicted molar refractivity (Wildman–Crippen MR) is 38.9 cm³/mol. The van der Waals surface area contributed by atoms with Gasteiger partial charge in [-0.3, -0.25) is 4.79 Å². The normalized spacial score (nSPS) is 37.1. The van der Waals surface area contributed by atoms with Gasteiger partial charge in [0.25, 0.3) is 0 Å². The summed E-state index contributed by atoms with van der Waals surface area (Å²) in [5, 5.41) is 17.7. The van der Waals surface area contributed by atoms with E-state index in [-0.39, 0.29) is 6.04 Å². The number of hydrogen-bond acceptors (Lipinski definition) is 3. The number of aliphatic hydroxyl groups excluding tert-OH is 1. The summed E-state index contributed by atoms with van der Waals surface area (Å²) in [7, 11) is 0. The highest BCUT2D eigenvalue weighted by molar-refractivity contribution is 5.71. The molecule has 2 unspecified atom stereocenters. The lowest BCUT2D eigenvalue weighted by atomic mass is 9.89. The van der Waals surface area contributed by atoms with Crippen molar-refractivity contribution in [2.75, 3.05) is 0 Å². The topological polar surface area (TPSA) is 83.5 Å². The van der Waals surface area contributed by atoms with Crippen molar-refractivity contribution >= 4 is 5.97 Å². The molecule has 0 spiro atoms. The Morgan fingerprint density at radius 2 is 2.18 bits per heavy atom. The lowest BCUT2D eigenvalue weighted by Gasteiger charge is -2.22. The predicted octanol–water partition coefficient (Wildman–Crippen LogP) is -0.665. The average molecular weight is 157 g/mol. The van der Waals surface area contributed by atoms with E-state index in [1.807, 2.05) is 0 Å². The van der Waals surface area contributed by atoms with Gasteiger partial charge < -0.3 is 15.9 Å². The van der Waals surface area contributed by atoms with Crippen molar-refractivity contribution in [3.63, 3.8) is 0 Å². The maximum atomic E-state index is 10.5. The van der Waals surface area contributed by atoms with Crippen molar-refractivity contribution in [1.82, 2.24) is 0 Å². The molecule has 0 amide bonds. The molecule has 62 valence electrons. The Labute approximate surface area is 64.3 Å². The van der Waals surface area contributed by atoms with Crippen LogP contribution in [0.1, 0.15) is 6.42 Å². The number of hydrogen-bond donors (Lipinski definition) is 3. The minimum absolute atomic E-state index is 0.237. The molecule has 3 atom stereocenters. The summed E-state index contributed by atoms with van der Waals surface area (Å²) in [5.74, 6) is -1.73. The third-order valence-electron chi connectivity index (χ3n) is 1.81. The Hall–Kier alpha value is -0.870. The van der Waals surface area contributed by atoms with E-state index in [9.17, 15) is 4.79 Å². The van der Waals surface area contributed by atoms with Gasteiger partial charge in [0.2, 0.25) is 0 Å². The van der Waals surface area contributed by atoms with Crippen molar-refractivity contribution in [1.29, 1.82) is 0 Å². The smallest absolute Gasteiger partial charge is 0.309 e. The number of rotatable bonds is 1. The lowest BCUT2D eigenvalue weighted by molar-refractivity contribution is -0.145. The molecule has 1 aliphatic rings. The highest BCUT2D eigenvalue weighted by Gasteiger charge is 2.29. The number of carbonyl (C=O) groups is 1. The Bertz CT molecular complexity index is 190. The average Bonchev–Trinajstić information content (AvgIpc) is 1.94. The van der Waals surface area contributed by atoms with Gasteiger partial charge in [0.1, 0.15) is 0 Å². The molecule has 0 bridgehead atoms. The van der Waals surface area contributed by atoms with Gasteiger partial charge in [0.15, 0.2) is 0 Å². The van der Waals surface area contributed by atoms with Crippen molar-refractivity contribution < 1.29 is 15.0 Å². The van der Waals surface area contributed by atoms with Crippen molar-refractivity contribution in [3.05, 3.63) is 12.2 Å². The third kappa shape index (κ3) is 1.78. The molecule has 0 fully saturated rings. The van der Waals surface area contributed by atoms with Crippen LogP contribution in [0.15, 0.2) is 12.2 Å². The second-order valence-corrected chi connectivity index (χ2v) is 2.72. The summed E-state index contributed by atoms with van der Waals surface area (Å²) >= 11 is 0. The Balaban J connectivity index is 2.68. The molecule has 0 aromatic carbocycles. The van der Waals surface area contributed by atoms with Crippen LogP contribution in [0.3, 0.4) is 0 Å². The first-order valence-corrected chi connectivity index (χ1v) is 3.46. The van der Waals surface area contributed by atoms with E-state index in [0.29, 0.717) is 6.42 Å². The molecule has 11 heavy (non-hydrogen) atoms. The summed E-state index contributed by atoms with van der Waals surface area (Å²) in [5.41, 5.74) is 5.46. The maximum absolute atomic E-state index is 10.5.